The first-order valence-corrected chi connectivity index (χ1v) is 8.41. The van der Waals surface area contributed by atoms with Gasteiger partial charge in [-0.15, -0.1) is 5.73 Å². The zero-order valence-corrected chi connectivity index (χ0v) is 14.6. The highest BCUT2D eigenvalue weighted by molar-refractivity contribution is 7.80. The molecule has 8 heteroatoms. The summed E-state index contributed by atoms with van der Waals surface area (Å²) in [7, 11) is 0. The molecular formula is C16H22N2O5S. The molecule has 1 aromatic carbocycles. The lowest BCUT2D eigenvalue weighted by molar-refractivity contribution is -0.131. The van der Waals surface area contributed by atoms with Gasteiger partial charge in [0.05, 0.1) is 5.69 Å². The first kappa shape index (κ1) is 19.9. The molecule has 132 valence electrons. The molecule has 0 fully saturated rings. The van der Waals surface area contributed by atoms with Crippen LogP contribution in [0.1, 0.15) is 20.8 Å². The van der Waals surface area contributed by atoms with Gasteiger partial charge >= 0.3 is 0 Å². The molecule has 0 aliphatic carbocycles. The van der Waals surface area contributed by atoms with Gasteiger partial charge in [-0.3, -0.25) is 18.9 Å². The van der Waals surface area contributed by atoms with Gasteiger partial charge in [0, 0.05) is 0 Å². The fourth-order valence-corrected chi connectivity index (χ4v) is 2.92. The molecule has 0 saturated carbocycles. The van der Waals surface area contributed by atoms with Gasteiger partial charge in [-0.1, -0.05) is 13.8 Å². The predicted octanol–water partition coefficient (Wildman–Crippen LogP) is 2.27. The highest BCUT2D eigenvalue weighted by Gasteiger charge is 2.32. The Morgan fingerprint density at radius 1 is 1.42 bits per heavy atom. The van der Waals surface area contributed by atoms with Crippen LogP contribution in [0, 0.1) is 5.92 Å². The Morgan fingerprint density at radius 3 is 2.50 bits per heavy atom. The van der Waals surface area contributed by atoms with E-state index < -0.39 is 23.2 Å². The molecule has 7 nitrogen and oxygen atoms in total. The first-order chi connectivity index (χ1) is 11.4. The van der Waals surface area contributed by atoms with E-state index in [0.29, 0.717) is 18.0 Å². The third kappa shape index (κ3) is 5.50. The van der Waals surface area contributed by atoms with Crippen molar-refractivity contribution < 1.29 is 23.5 Å². The average Bonchev–Trinajstić information content (AvgIpc) is 2.56. The van der Waals surface area contributed by atoms with E-state index in [1.165, 1.54) is 5.48 Å². The molecule has 24 heavy (non-hydrogen) atoms. The Kier molecular flexibility index (Phi) is 8.21. The molecular weight excluding hydrogens is 332 g/mol. The van der Waals surface area contributed by atoms with E-state index >= 15 is 0 Å². The van der Waals surface area contributed by atoms with Crippen LogP contribution < -0.4 is 14.5 Å². The van der Waals surface area contributed by atoms with Crippen molar-refractivity contribution in [1.82, 2.24) is 5.48 Å². The molecule has 0 radical (unpaired) electrons. The monoisotopic (exact) mass is 354 g/mol. The van der Waals surface area contributed by atoms with E-state index in [-0.39, 0.29) is 5.92 Å². The number of hydrogen-bond acceptors (Lipinski definition) is 4. The standard InChI is InChI=1S/C16H22N2O5S/c1-4-5-6-11-23-14-9-7-13(8-10-14)18(24(21)22)15(12(2)3)16(19)17-20/h4,6-10,12,15,20H,11H2,1-3H3,(H,17,19)(H,21,22). The lowest BCUT2D eigenvalue weighted by Gasteiger charge is -2.30. The van der Waals surface area contributed by atoms with Crippen molar-refractivity contribution in [1.29, 1.82) is 0 Å². The van der Waals surface area contributed by atoms with Crippen molar-refractivity contribution in [2.45, 2.75) is 26.8 Å². The van der Waals surface area contributed by atoms with Gasteiger partial charge in [0.1, 0.15) is 18.4 Å². The summed E-state index contributed by atoms with van der Waals surface area (Å²) < 4.78 is 27.8. The fraction of sp³-hybridized carbons (Fsp3) is 0.375. The molecule has 0 heterocycles. The summed E-state index contributed by atoms with van der Waals surface area (Å²) in [4.78, 5) is 11.9. The largest absolute Gasteiger partial charge is 0.489 e. The number of rotatable bonds is 8. The van der Waals surface area contributed by atoms with Gasteiger partial charge in [0.2, 0.25) is 0 Å². The second-order valence-corrected chi connectivity index (χ2v) is 6.04. The summed E-state index contributed by atoms with van der Waals surface area (Å²) in [6, 6.07) is 5.40. The minimum atomic E-state index is -2.44. The Bertz CT molecular complexity index is 624. The molecule has 1 amide bonds. The van der Waals surface area contributed by atoms with E-state index in [9.17, 15) is 13.6 Å². The number of nitrogens with one attached hydrogen (secondary N) is 1. The number of carbonyl (C=O) groups excluding carboxylic acids is 1. The number of hydrogen-bond donors (Lipinski definition) is 3. The smallest absolute Gasteiger partial charge is 0.267 e. The van der Waals surface area contributed by atoms with Crippen LogP contribution in [0.3, 0.4) is 0 Å². The highest BCUT2D eigenvalue weighted by atomic mass is 32.2. The molecule has 3 N–H and O–H groups in total. The SMILES string of the molecule is CC=C=CCOc1ccc(N(C(C(=O)NO)C(C)C)S(=O)O)cc1. The molecule has 0 aliphatic heterocycles. The Balaban J connectivity index is 3.02. The average molecular weight is 354 g/mol. The molecule has 0 saturated heterocycles. The van der Waals surface area contributed by atoms with Crippen molar-refractivity contribution in [3.63, 3.8) is 0 Å². The number of anilines is 1. The van der Waals surface area contributed by atoms with Crippen molar-refractivity contribution in [3.8, 4) is 5.75 Å². The van der Waals surface area contributed by atoms with E-state index in [2.05, 4.69) is 5.73 Å². The highest BCUT2D eigenvalue weighted by Crippen LogP contribution is 2.25. The Hall–Kier alpha value is -2.12. The maximum atomic E-state index is 11.9. The summed E-state index contributed by atoms with van der Waals surface area (Å²) >= 11 is -2.44. The number of hydroxylamine groups is 1. The molecule has 0 aromatic heterocycles. The van der Waals surface area contributed by atoms with Gasteiger partial charge < -0.3 is 4.74 Å². The minimum absolute atomic E-state index is 0.310. The molecule has 1 rings (SSSR count). The normalized spacial score (nSPS) is 12.8. The second kappa shape index (κ2) is 9.89. The zero-order valence-electron chi connectivity index (χ0n) is 13.8. The van der Waals surface area contributed by atoms with E-state index in [1.807, 2.05) is 6.92 Å². The summed E-state index contributed by atoms with van der Waals surface area (Å²) in [6.07, 6.45) is 3.49. The van der Waals surface area contributed by atoms with E-state index in [1.54, 1.807) is 50.3 Å². The summed E-state index contributed by atoms with van der Waals surface area (Å²) in [5, 5.41) is 8.88. The van der Waals surface area contributed by atoms with Crippen LogP contribution >= 0.6 is 0 Å². The van der Waals surface area contributed by atoms with Gasteiger partial charge in [0.15, 0.2) is 0 Å². The van der Waals surface area contributed by atoms with Gasteiger partial charge in [-0.2, -0.15) is 0 Å². The van der Waals surface area contributed by atoms with Crippen LogP contribution in [-0.2, 0) is 16.1 Å². The third-order valence-electron chi connectivity index (χ3n) is 3.14. The summed E-state index contributed by atoms with van der Waals surface area (Å²) in [5.74, 6) is -0.497. The maximum Gasteiger partial charge on any atom is 0.267 e. The van der Waals surface area contributed by atoms with Crippen LogP contribution in [-0.4, -0.2) is 32.5 Å². The van der Waals surface area contributed by atoms with E-state index in [0.717, 1.165) is 4.31 Å². The zero-order chi connectivity index (χ0) is 18.1. The van der Waals surface area contributed by atoms with Crippen LogP contribution in [0.4, 0.5) is 5.69 Å². The lowest BCUT2D eigenvalue weighted by Crippen LogP contribution is -2.50. The van der Waals surface area contributed by atoms with Gasteiger partial charge in [-0.25, -0.2) is 9.69 Å². The topological polar surface area (TPSA) is 99.1 Å². The Morgan fingerprint density at radius 2 is 2.04 bits per heavy atom. The van der Waals surface area contributed by atoms with Crippen LogP contribution in [0.25, 0.3) is 0 Å². The summed E-state index contributed by atoms with van der Waals surface area (Å²) in [6.45, 7) is 5.62. The van der Waals surface area contributed by atoms with Gasteiger partial charge in [-0.05, 0) is 49.3 Å². The van der Waals surface area contributed by atoms with Crippen LogP contribution in [0.5, 0.6) is 5.75 Å². The molecule has 0 spiro atoms. The molecule has 1 aromatic rings. The number of nitrogens with zero attached hydrogens (tertiary/aromatic N) is 1. The van der Waals surface area contributed by atoms with Crippen LogP contribution in [0.2, 0.25) is 0 Å². The molecule has 2 atom stereocenters. The molecule has 2 unspecified atom stereocenters. The minimum Gasteiger partial charge on any atom is -0.489 e. The van der Waals surface area contributed by atoms with Crippen molar-refractivity contribution >= 4 is 22.9 Å². The van der Waals surface area contributed by atoms with Crippen molar-refractivity contribution in [2.75, 3.05) is 10.9 Å². The maximum absolute atomic E-state index is 11.9. The third-order valence-corrected chi connectivity index (χ3v) is 3.91. The fourth-order valence-electron chi connectivity index (χ4n) is 2.09. The number of benzene rings is 1. The van der Waals surface area contributed by atoms with Crippen molar-refractivity contribution in [2.24, 2.45) is 5.92 Å². The van der Waals surface area contributed by atoms with Gasteiger partial charge in [0.25, 0.3) is 17.2 Å². The lowest BCUT2D eigenvalue weighted by atomic mass is 10.0. The number of carbonyl (C=O) groups is 1. The van der Waals surface area contributed by atoms with E-state index in [4.69, 9.17) is 9.94 Å². The molecule has 0 aliphatic rings. The van der Waals surface area contributed by atoms with Crippen molar-refractivity contribution in [3.05, 3.63) is 42.1 Å². The quantitative estimate of drug-likeness (QED) is 0.288. The second-order valence-electron chi connectivity index (χ2n) is 5.19. The number of ether oxygens (including phenoxy) is 1. The molecule has 0 bridgehead atoms. The Labute approximate surface area is 144 Å². The number of amides is 1. The predicted molar refractivity (Wildman–Crippen MR) is 92.1 cm³/mol. The van der Waals surface area contributed by atoms with Crippen LogP contribution in [0.15, 0.2) is 42.1 Å². The summed E-state index contributed by atoms with van der Waals surface area (Å²) in [5.41, 5.74) is 4.78. The first-order valence-electron chi connectivity index (χ1n) is 7.35.